The van der Waals surface area contributed by atoms with Crippen LogP contribution in [0.2, 0.25) is 0 Å². The lowest BCUT2D eigenvalue weighted by molar-refractivity contribution is 0.103. The Balaban J connectivity index is 1.84. The molecule has 144 valence electrons. The molecular formula is C18H21F2N5O2. The Morgan fingerprint density at radius 3 is 2.59 bits per heavy atom. The number of nitrogens with zero attached hydrogens (tertiary/aromatic N) is 2. The van der Waals surface area contributed by atoms with Crippen molar-refractivity contribution in [2.75, 3.05) is 18.2 Å². The number of carbonyl (C=O) groups is 1. The first-order valence-corrected chi connectivity index (χ1v) is 8.62. The predicted molar refractivity (Wildman–Crippen MR) is 96.6 cm³/mol. The van der Waals surface area contributed by atoms with E-state index in [4.69, 9.17) is 16.2 Å². The van der Waals surface area contributed by atoms with Gasteiger partial charge in [0.05, 0.1) is 12.7 Å². The zero-order valence-corrected chi connectivity index (χ0v) is 14.8. The molecule has 1 aromatic heterocycles. The van der Waals surface area contributed by atoms with E-state index in [0.29, 0.717) is 0 Å². The standard InChI is InChI=1S/C18H21F2N5O2/c1-27-13-7-6-12(19)15(20)14(13)16(26)11-8-23-18(25-17(11)22)24-10-4-2-9(21)3-5-10/h6-10H,2-5,21H2,1H3,(H3,22,23,24,25)/t9-,10-. The van der Waals surface area contributed by atoms with Crippen molar-refractivity contribution in [3.05, 3.63) is 41.1 Å². The van der Waals surface area contributed by atoms with Crippen LogP contribution in [0.4, 0.5) is 20.5 Å². The van der Waals surface area contributed by atoms with Crippen molar-refractivity contribution in [1.82, 2.24) is 9.97 Å². The van der Waals surface area contributed by atoms with Gasteiger partial charge in [0.15, 0.2) is 11.6 Å². The summed E-state index contributed by atoms with van der Waals surface area (Å²) in [4.78, 5) is 20.9. The molecule has 1 aromatic carbocycles. The highest BCUT2D eigenvalue weighted by Crippen LogP contribution is 2.28. The minimum absolute atomic E-state index is 0.0981. The number of hydrogen-bond donors (Lipinski definition) is 3. The van der Waals surface area contributed by atoms with Gasteiger partial charge in [0.25, 0.3) is 0 Å². The number of ketones is 1. The number of hydrogen-bond acceptors (Lipinski definition) is 7. The van der Waals surface area contributed by atoms with Crippen molar-refractivity contribution in [1.29, 1.82) is 0 Å². The molecule has 1 aliphatic carbocycles. The molecule has 7 nitrogen and oxygen atoms in total. The maximum absolute atomic E-state index is 14.2. The van der Waals surface area contributed by atoms with Crippen LogP contribution >= 0.6 is 0 Å². The van der Waals surface area contributed by atoms with E-state index in [9.17, 15) is 13.6 Å². The summed E-state index contributed by atoms with van der Waals surface area (Å²) in [5.74, 6) is -3.27. The Morgan fingerprint density at radius 1 is 1.26 bits per heavy atom. The predicted octanol–water partition coefficient (Wildman–Crippen LogP) is 2.26. The fourth-order valence-corrected chi connectivity index (χ4v) is 3.13. The molecule has 1 heterocycles. The SMILES string of the molecule is COc1ccc(F)c(F)c1C(=O)c1cnc(N[C@H]2CC[C@H](N)CC2)nc1N. The fourth-order valence-electron chi connectivity index (χ4n) is 3.13. The van der Waals surface area contributed by atoms with Crippen molar-refractivity contribution in [3.63, 3.8) is 0 Å². The molecule has 0 spiro atoms. The van der Waals surface area contributed by atoms with E-state index >= 15 is 0 Å². The number of anilines is 2. The monoisotopic (exact) mass is 377 g/mol. The Morgan fingerprint density at radius 2 is 1.96 bits per heavy atom. The van der Waals surface area contributed by atoms with Crippen LogP contribution < -0.4 is 21.5 Å². The molecule has 0 bridgehead atoms. The van der Waals surface area contributed by atoms with Gasteiger partial charge >= 0.3 is 0 Å². The first-order chi connectivity index (χ1) is 12.9. The first kappa shape index (κ1) is 19.0. The molecule has 27 heavy (non-hydrogen) atoms. The summed E-state index contributed by atoms with van der Waals surface area (Å²) >= 11 is 0. The number of ether oxygens (including phenoxy) is 1. The van der Waals surface area contributed by atoms with E-state index in [-0.39, 0.29) is 35.2 Å². The molecule has 1 aliphatic rings. The summed E-state index contributed by atoms with van der Waals surface area (Å²) in [6, 6.07) is 2.44. The van der Waals surface area contributed by atoms with E-state index in [1.165, 1.54) is 19.4 Å². The third kappa shape index (κ3) is 3.97. The van der Waals surface area contributed by atoms with Crippen molar-refractivity contribution < 1.29 is 18.3 Å². The Hall–Kier alpha value is -2.81. The highest BCUT2D eigenvalue weighted by atomic mass is 19.2. The van der Waals surface area contributed by atoms with E-state index in [2.05, 4.69) is 15.3 Å². The number of nitrogens with two attached hydrogens (primary N) is 2. The normalized spacial score (nSPS) is 19.6. The summed E-state index contributed by atoms with van der Waals surface area (Å²) in [7, 11) is 1.26. The molecule has 0 aliphatic heterocycles. The smallest absolute Gasteiger partial charge is 0.224 e. The van der Waals surface area contributed by atoms with E-state index < -0.39 is 23.0 Å². The molecule has 5 N–H and O–H groups in total. The van der Waals surface area contributed by atoms with E-state index in [1.807, 2.05) is 0 Å². The lowest BCUT2D eigenvalue weighted by atomic mass is 9.92. The summed E-state index contributed by atoms with van der Waals surface area (Å²) in [5, 5.41) is 3.16. The first-order valence-electron chi connectivity index (χ1n) is 8.62. The highest BCUT2D eigenvalue weighted by Gasteiger charge is 2.25. The third-order valence-electron chi connectivity index (χ3n) is 4.67. The fraction of sp³-hybridized carbons (Fsp3) is 0.389. The quantitative estimate of drug-likeness (QED) is 0.684. The molecule has 0 unspecified atom stereocenters. The summed E-state index contributed by atoms with van der Waals surface area (Å²) in [5.41, 5.74) is 11.1. The van der Waals surface area contributed by atoms with Crippen LogP contribution in [0, 0.1) is 11.6 Å². The summed E-state index contributed by atoms with van der Waals surface area (Å²) in [6.45, 7) is 0. The van der Waals surface area contributed by atoms with Crippen LogP contribution in [0.3, 0.4) is 0 Å². The zero-order valence-electron chi connectivity index (χ0n) is 14.8. The van der Waals surface area contributed by atoms with E-state index in [0.717, 1.165) is 31.7 Å². The van der Waals surface area contributed by atoms with Gasteiger partial charge in [-0.05, 0) is 37.8 Å². The van der Waals surface area contributed by atoms with Crippen molar-refractivity contribution in [2.24, 2.45) is 5.73 Å². The number of halogens is 2. The van der Waals surface area contributed by atoms with Crippen LogP contribution in [0.1, 0.15) is 41.6 Å². The van der Waals surface area contributed by atoms with Crippen LogP contribution in [0.15, 0.2) is 18.3 Å². The van der Waals surface area contributed by atoms with E-state index in [1.54, 1.807) is 0 Å². The van der Waals surface area contributed by atoms with Gasteiger partial charge in [-0.1, -0.05) is 0 Å². The number of carbonyl (C=O) groups excluding carboxylic acids is 1. The second-order valence-corrected chi connectivity index (χ2v) is 6.52. The number of nitrogens with one attached hydrogen (secondary N) is 1. The molecule has 2 aromatic rings. The zero-order chi connectivity index (χ0) is 19.6. The van der Waals surface area contributed by atoms with Gasteiger partial charge < -0.3 is 21.5 Å². The number of methoxy groups -OCH3 is 1. The van der Waals surface area contributed by atoms with Gasteiger partial charge in [-0.2, -0.15) is 4.98 Å². The minimum atomic E-state index is -1.31. The van der Waals surface area contributed by atoms with Gasteiger partial charge in [-0.15, -0.1) is 0 Å². The third-order valence-corrected chi connectivity index (χ3v) is 4.67. The van der Waals surface area contributed by atoms with Gasteiger partial charge in [-0.25, -0.2) is 13.8 Å². The molecule has 0 amide bonds. The topological polar surface area (TPSA) is 116 Å². The lowest BCUT2D eigenvalue weighted by Crippen LogP contribution is -2.33. The van der Waals surface area contributed by atoms with Crippen LogP contribution in [0.5, 0.6) is 5.75 Å². The van der Waals surface area contributed by atoms with Gasteiger partial charge in [0.2, 0.25) is 11.7 Å². The molecule has 0 saturated heterocycles. The number of rotatable bonds is 5. The summed E-state index contributed by atoms with van der Waals surface area (Å²) < 4.78 is 32.7. The Kier molecular flexibility index (Phi) is 5.50. The van der Waals surface area contributed by atoms with Gasteiger partial charge in [0.1, 0.15) is 17.1 Å². The lowest BCUT2D eigenvalue weighted by Gasteiger charge is -2.26. The minimum Gasteiger partial charge on any atom is -0.496 e. The van der Waals surface area contributed by atoms with Crippen LogP contribution in [-0.2, 0) is 0 Å². The molecule has 1 saturated carbocycles. The average Bonchev–Trinajstić information content (AvgIpc) is 2.65. The Labute approximate surface area is 155 Å². The molecule has 0 radical (unpaired) electrons. The van der Waals surface area contributed by atoms with Gasteiger partial charge in [0, 0.05) is 18.3 Å². The maximum atomic E-state index is 14.2. The maximum Gasteiger partial charge on any atom is 0.224 e. The Bertz CT molecular complexity index is 854. The van der Waals surface area contributed by atoms with Crippen LogP contribution in [-0.4, -0.2) is 34.9 Å². The van der Waals surface area contributed by atoms with Crippen molar-refractivity contribution in [3.8, 4) is 5.75 Å². The molecular weight excluding hydrogens is 356 g/mol. The van der Waals surface area contributed by atoms with Crippen molar-refractivity contribution >= 4 is 17.5 Å². The number of benzene rings is 1. The van der Waals surface area contributed by atoms with Crippen LogP contribution in [0.25, 0.3) is 0 Å². The second kappa shape index (κ2) is 7.83. The number of aromatic nitrogens is 2. The molecule has 3 rings (SSSR count). The van der Waals surface area contributed by atoms with Gasteiger partial charge in [-0.3, -0.25) is 4.79 Å². The van der Waals surface area contributed by atoms with Crippen molar-refractivity contribution in [2.45, 2.75) is 37.8 Å². The highest BCUT2D eigenvalue weighted by molar-refractivity contribution is 6.13. The second-order valence-electron chi connectivity index (χ2n) is 6.52. The average molecular weight is 377 g/mol. The molecule has 9 heteroatoms. The number of nitrogen functional groups attached to an aromatic ring is 1. The summed E-state index contributed by atoms with van der Waals surface area (Å²) in [6.07, 6.45) is 4.78. The molecule has 0 atom stereocenters. The largest absolute Gasteiger partial charge is 0.496 e. The molecule has 1 fully saturated rings.